The molecule has 0 aliphatic carbocycles. The first-order valence-electron chi connectivity index (χ1n) is 15.3. The number of hydrogen-bond donors (Lipinski definition) is 0. The van der Waals surface area contributed by atoms with E-state index >= 15 is 0 Å². The first-order valence-corrected chi connectivity index (χ1v) is 16.0. The van der Waals surface area contributed by atoms with E-state index in [0.717, 1.165) is 12.2 Å². The molecule has 0 amide bonds. The van der Waals surface area contributed by atoms with Gasteiger partial charge in [0.2, 0.25) is 6.79 Å². The molecule has 4 aromatic rings. The van der Waals surface area contributed by atoms with Gasteiger partial charge in [-0.2, -0.15) is 0 Å². The Morgan fingerprint density at radius 2 is 1.14 bits per heavy atom. The van der Waals surface area contributed by atoms with E-state index in [-0.39, 0.29) is 40.3 Å². The molecule has 0 fully saturated rings. The van der Waals surface area contributed by atoms with Crippen molar-refractivity contribution in [3.8, 4) is 23.0 Å². The molecule has 262 valence electrons. The van der Waals surface area contributed by atoms with Crippen molar-refractivity contribution in [3.63, 3.8) is 0 Å². The highest BCUT2D eigenvalue weighted by atomic mass is 35.5. The molecule has 0 saturated heterocycles. The SMILES string of the molecule is C=CC(=O)OCCCCOc1ccc(C(=O)Oc2c(Cl)cc(N=Cc3ccc(OC(=O)c4ccc(OCOC(=O)C=C)cc4)cc3)cc2Cl)cc1. The second-order valence-corrected chi connectivity index (χ2v) is 11.1. The Bertz CT molecular complexity index is 1870. The number of carbonyl (C=O) groups excluding carboxylic acids is 4. The van der Waals surface area contributed by atoms with E-state index in [1.165, 1.54) is 24.3 Å². The molecule has 0 unspecified atom stereocenters. The summed E-state index contributed by atoms with van der Waals surface area (Å²) in [5.41, 5.74) is 1.65. The minimum atomic E-state index is -0.666. The zero-order valence-electron chi connectivity index (χ0n) is 27.1. The summed E-state index contributed by atoms with van der Waals surface area (Å²) in [5, 5.41) is 0.166. The number of carbonyl (C=O) groups is 4. The maximum Gasteiger partial charge on any atom is 0.343 e. The lowest BCUT2D eigenvalue weighted by molar-refractivity contribution is -0.144. The van der Waals surface area contributed by atoms with E-state index < -0.39 is 23.9 Å². The van der Waals surface area contributed by atoms with Gasteiger partial charge in [0.25, 0.3) is 0 Å². The fraction of sp³-hybridized carbons (Fsp3) is 0.132. The summed E-state index contributed by atoms with van der Waals surface area (Å²) < 4.78 is 31.5. The van der Waals surface area contributed by atoms with Crippen LogP contribution in [-0.2, 0) is 19.1 Å². The summed E-state index contributed by atoms with van der Waals surface area (Å²) in [6.07, 6.45) is 5.01. The van der Waals surface area contributed by atoms with Gasteiger partial charge in [-0.3, -0.25) is 4.99 Å². The third-order valence-electron chi connectivity index (χ3n) is 6.62. The Hall–Kier alpha value is -5.91. The second-order valence-electron chi connectivity index (χ2n) is 10.3. The van der Waals surface area contributed by atoms with Crippen LogP contribution in [0.3, 0.4) is 0 Å². The zero-order chi connectivity index (χ0) is 36.6. The maximum atomic E-state index is 12.8. The van der Waals surface area contributed by atoms with Gasteiger partial charge in [-0.05, 0) is 103 Å². The summed E-state index contributed by atoms with van der Waals surface area (Å²) in [4.78, 5) is 51.8. The van der Waals surface area contributed by atoms with Gasteiger partial charge >= 0.3 is 23.9 Å². The molecule has 0 aliphatic heterocycles. The number of hydrogen-bond acceptors (Lipinski definition) is 11. The summed E-state index contributed by atoms with van der Waals surface area (Å²) in [5.74, 6) is -1.06. The normalized spacial score (nSPS) is 10.5. The standard InChI is InChI=1S/C38H31Cl2NO10/c1-3-34(42)47-20-6-5-19-46-29-15-9-27(10-16-29)38(45)51-36-32(39)21-28(22-33(36)40)41-23-25-7-13-31(14-8-25)50-37(44)26-11-17-30(18-12-26)48-24-49-35(43)4-2/h3-4,7-18,21-23H,1-2,5-6,19-20,24H2. The number of benzene rings is 4. The Morgan fingerprint density at radius 1 is 0.627 bits per heavy atom. The van der Waals surface area contributed by atoms with Gasteiger partial charge in [-0.15, -0.1) is 0 Å². The van der Waals surface area contributed by atoms with E-state index in [0.29, 0.717) is 47.9 Å². The molecule has 0 N–H and O–H groups in total. The van der Waals surface area contributed by atoms with Crippen LogP contribution >= 0.6 is 23.2 Å². The second kappa shape index (κ2) is 19.3. The van der Waals surface area contributed by atoms with Gasteiger partial charge in [0, 0.05) is 18.4 Å². The van der Waals surface area contributed by atoms with Crippen molar-refractivity contribution in [1.82, 2.24) is 0 Å². The highest BCUT2D eigenvalue weighted by molar-refractivity contribution is 6.37. The molecule has 0 heterocycles. The van der Waals surface area contributed by atoms with Crippen LogP contribution in [0.15, 0.2) is 115 Å². The quantitative estimate of drug-likeness (QED) is 0.0261. The minimum absolute atomic E-state index is 0.0119. The summed E-state index contributed by atoms with van der Waals surface area (Å²) in [6.45, 7) is 7.03. The molecule has 4 aromatic carbocycles. The minimum Gasteiger partial charge on any atom is -0.494 e. The van der Waals surface area contributed by atoms with Gasteiger partial charge in [0.1, 0.15) is 17.2 Å². The number of rotatable bonds is 17. The molecule has 0 bridgehead atoms. The van der Waals surface area contributed by atoms with E-state index in [1.807, 2.05) is 0 Å². The van der Waals surface area contributed by atoms with Crippen molar-refractivity contribution in [3.05, 3.63) is 137 Å². The fourth-order valence-electron chi connectivity index (χ4n) is 4.02. The maximum absolute atomic E-state index is 12.8. The first kappa shape index (κ1) is 37.9. The molecular weight excluding hydrogens is 701 g/mol. The number of aliphatic imine (C=N–C) groups is 1. The molecule has 13 heteroatoms. The average molecular weight is 733 g/mol. The van der Waals surface area contributed by atoms with Crippen LogP contribution in [0, 0.1) is 0 Å². The first-order chi connectivity index (χ1) is 24.6. The third kappa shape index (κ3) is 12.2. The number of nitrogens with zero attached hydrogens (tertiary/aromatic N) is 1. The van der Waals surface area contributed by atoms with E-state index in [2.05, 4.69) is 18.2 Å². The van der Waals surface area contributed by atoms with E-state index in [9.17, 15) is 19.2 Å². The fourth-order valence-corrected chi connectivity index (χ4v) is 4.57. The number of esters is 4. The Kier molecular flexibility index (Phi) is 14.4. The summed E-state index contributed by atoms with van der Waals surface area (Å²) in [6, 6.07) is 22.1. The van der Waals surface area contributed by atoms with Crippen molar-refractivity contribution < 1.29 is 47.6 Å². The van der Waals surface area contributed by atoms with Crippen LogP contribution in [0.2, 0.25) is 10.0 Å². The monoisotopic (exact) mass is 731 g/mol. The molecule has 4 rings (SSSR count). The number of halogens is 2. The highest BCUT2D eigenvalue weighted by Crippen LogP contribution is 2.37. The molecule has 0 saturated carbocycles. The van der Waals surface area contributed by atoms with Gasteiger partial charge < -0.3 is 28.4 Å². The molecule has 0 radical (unpaired) electrons. The van der Waals surface area contributed by atoms with Crippen molar-refractivity contribution >= 4 is 59.0 Å². The van der Waals surface area contributed by atoms with Crippen LogP contribution in [0.25, 0.3) is 0 Å². The van der Waals surface area contributed by atoms with Crippen molar-refractivity contribution in [2.24, 2.45) is 4.99 Å². The Balaban J connectivity index is 1.25. The van der Waals surface area contributed by atoms with Gasteiger partial charge in [-0.25, -0.2) is 19.2 Å². The van der Waals surface area contributed by atoms with E-state index in [4.69, 9.17) is 51.6 Å². The van der Waals surface area contributed by atoms with Crippen molar-refractivity contribution in [2.75, 3.05) is 20.0 Å². The molecule has 0 aromatic heterocycles. The highest BCUT2D eigenvalue weighted by Gasteiger charge is 2.16. The molecule has 0 aliphatic rings. The topological polar surface area (TPSA) is 136 Å². The smallest absolute Gasteiger partial charge is 0.343 e. The van der Waals surface area contributed by atoms with Crippen LogP contribution in [0.4, 0.5) is 5.69 Å². The molecule has 0 atom stereocenters. The van der Waals surface area contributed by atoms with Crippen molar-refractivity contribution in [2.45, 2.75) is 12.8 Å². The van der Waals surface area contributed by atoms with Crippen LogP contribution in [0.5, 0.6) is 23.0 Å². The van der Waals surface area contributed by atoms with E-state index in [1.54, 1.807) is 66.9 Å². The largest absolute Gasteiger partial charge is 0.494 e. The lowest BCUT2D eigenvalue weighted by Gasteiger charge is -2.10. The summed E-state index contributed by atoms with van der Waals surface area (Å²) in [7, 11) is 0. The lowest BCUT2D eigenvalue weighted by Crippen LogP contribution is -2.09. The predicted molar refractivity (Wildman–Crippen MR) is 191 cm³/mol. The molecule has 51 heavy (non-hydrogen) atoms. The predicted octanol–water partition coefficient (Wildman–Crippen LogP) is 8.14. The van der Waals surface area contributed by atoms with Gasteiger partial charge in [0.05, 0.1) is 40.1 Å². The number of ether oxygens (including phenoxy) is 6. The summed E-state index contributed by atoms with van der Waals surface area (Å²) >= 11 is 12.8. The lowest BCUT2D eigenvalue weighted by atomic mass is 10.2. The molecule has 0 spiro atoms. The zero-order valence-corrected chi connectivity index (χ0v) is 28.6. The van der Waals surface area contributed by atoms with Gasteiger partial charge in [-0.1, -0.05) is 36.4 Å². The number of unbranched alkanes of at least 4 members (excludes halogenated alkanes) is 1. The average Bonchev–Trinajstić information content (AvgIpc) is 3.14. The van der Waals surface area contributed by atoms with Crippen molar-refractivity contribution in [1.29, 1.82) is 0 Å². The van der Waals surface area contributed by atoms with Crippen LogP contribution < -0.4 is 18.9 Å². The van der Waals surface area contributed by atoms with Crippen LogP contribution in [0.1, 0.15) is 39.1 Å². The molecular formula is C38H31Cl2NO10. The molecule has 11 nitrogen and oxygen atoms in total. The van der Waals surface area contributed by atoms with Crippen LogP contribution in [-0.4, -0.2) is 50.1 Å². The Labute approximate surface area is 303 Å². The third-order valence-corrected chi connectivity index (χ3v) is 7.18. The van der Waals surface area contributed by atoms with Gasteiger partial charge in [0.15, 0.2) is 5.75 Å². The Morgan fingerprint density at radius 3 is 1.73 bits per heavy atom.